The van der Waals surface area contributed by atoms with E-state index in [2.05, 4.69) is 24.9 Å². The molecule has 7 nitrogen and oxygen atoms in total. The van der Waals surface area contributed by atoms with Crippen molar-refractivity contribution in [2.24, 2.45) is 0 Å². The normalized spacial score (nSPS) is 16.8. The van der Waals surface area contributed by atoms with Crippen molar-refractivity contribution in [2.75, 3.05) is 6.54 Å². The fourth-order valence-corrected chi connectivity index (χ4v) is 3.33. The van der Waals surface area contributed by atoms with Gasteiger partial charge in [0, 0.05) is 36.9 Å². The van der Waals surface area contributed by atoms with Crippen LogP contribution in [0.15, 0.2) is 43.1 Å². The van der Waals surface area contributed by atoms with E-state index in [1.807, 2.05) is 17.0 Å². The van der Waals surface area contributed by atoms with Gasteiger partial charge in [-0.2, -0.15) is 0 Å². The van der Waals surface area contributed by atoms with Crippen molar-refractivity contribution in [3.05, 3.63) is 59.8 Å². The highest BCUT2D eigenvalue weighted by atomic mass is 35.5. The summed E-state index contributed by atoms with van der Waals surface area (Å²) in [5.41, 5.74) is 2.53. The molecule has 0 bridgehead atoms. The molecule has 4 rings (SSSR count). The topological polar surface area (TPSA) is 87.7 Å². The van der Waals surface area contributed by atoms with Crippen LogP contribution in [0.5, 0.6) is 0 Å². The third-order valence-electron chi connectivity index (χ3n) is 4.49. The molecule has 1 atom stereocenters. The van der Waals surface area contributed by atoms with Crippen molar-refractivity contribution in [2.45, 2.75) is 25.3 Å². The minimum Gasteiger partial charge on any atom is -0.340 e. The smallest absolute Gasteiger partial charge is 0.227 e. The molecular weight excluding hydrogens is 352 g/mol. The van der Waals surface area contributed by atoms with Crippen LogP contribution in [-0.2, 0) is 11.2 Å². The SMILES string of the molecule is O=C(Cc1cccnc1)N1CCCC1c1ncc(-c2cnc(Cl)nc2)[nH]1. The lowest BCUT2D eigenvalue weighted by atomic mass is 10.1. The molecule has 1 aliphatic rings. The summed E-state index contributed by atoms with van der Waals surface area (Å²) in [5, 5.41) is 0.205. The van der Waals surface area contributed by atoms with Crippen molar-refractivity contribution in [1.82, 2.24) is 29.8 Å². The number of amides is 1. The molecule has 0 aromatic carbocycles. The monoisotopic (exact) mass is 368 g/mol. The van der Waals surface area contributed by atoms with Crippen LogP contribution in [0.25, 0.3) is 11.3 Å². The Balaban J connectivity index is 1.51. The van der Waals surface area contributed by atoms with Crippen LogP contribution in [0.2, 0.25) is 5.28 Å². The Bertz CT molecular complexity index is 896. The first-order valence-corrected chi connectivity index (χ1v) is 8.79. The van der Waals surface area contributed by atoms with E-state index >= 15 is 0 Å². The molecule has 0 saturated carbocycles. The van der Waals surface area contributed by atoms with Gasteiger partial charge in [-0.05, 0) is 36.1 Å². The zero-order valence-electron chi connectivity index (χ0n) is 14.0. The van der Waals surface area contributed by atoms with Crippen LogP contribution in [-0.4, -0.2) is 42.3 Å². The van der Waals surface area contributed by atoms with Crippen LogP contribution in [0.1, 0.15) is 30.3 Å². The zero-order chi connectivity index (χ0) is 17.9. The molecule has 3 aromatic rings. The second-order valence-corrected chi connectivity index (χ2v) is 6.54. The Morgan fingerprint density at radius 1 is 1.23 bits per heavy atom. The second-order valence-electron chi connectivity index (χ2n) is 6.21. The summed E-state index contributed by atoms with van der Waals surface area (Å²) in [6.45, 7) is 0.740. The van der Waals surface area contributed by atoms with Gasteiger partial charge in [-0.1, -0.05) is 6.07 Å². The van der Waals surface area contributed by atoms with Gasteiger partial charge >= 0.3 is 0 Å². The number of pyridine rings is 1. The van der Waals surface area contributed by atoms with Gasteiger partial charge in [-0.25, -0.2) is 15.0 Å². The predicted molar refractivity (Wildman–Crippen MR) is 96.3 cm³/mol. The molecule has 1 unspecified atom stereocenters. The average molecular weight is 369 g/mol. The number of halogens is 1. The van der Waals surface area contributed by atoms with Crippen molar-refractivity contribution in [1.29, 1.82) is 0 Å². The summed E-state index contributed by atoms with van der Waals surface area (Å²) >= 11 is 5.73. The first-order valence-electron chi connectivity index (χ1n) is 8.42. The summed E-state index contributed by atoms with van der Waals surface area (Å²) in [6, 6.07) is 3.72. The van der Waals surface area contributed by atoms with E-state index < -0.39 is 0 Å². The predicted octanol–water partition coefficient (Wildman–Crippen LogP) is 2.82. The third kappa shape index (κ3) is 3.43. The van der Waals surface area contributed by atoms with Gasteiger partial charge in [0.2, 0.25) is 11.2 Å². The summed E-state index contributed by atoms with van der Waals surface area (Å²) < 4.78 is 0. The Hall–Kier alpha value is -2.80. The third-order valence-corrected chi connectivity index (χ3v) is 4.69. The molecule has 132 valence electrons. The number of carbonyl (C=O) groups is 1. The number of rotatable bonds is 4. The second kappa shape index (κ2) is 7.21. The minimum atomic E-state index is -0.0406. The van der Waals surface area contributed by atoms with Crippen LogP contribution < -0.4 is 0 Å². The van der Waals surface area contributed by atoms with Gasteiger partial charge < -0.3 is 9.88 Å². The average Bonchev–Trinajstić information content (AvgIpc) is 3.32. The van der Waals surface area contributed by atoms with Gasteiger partial charge in [-0.3, -0.25) is 9.78 Å². The Morgan fingerprint density at radius 3 is 2.85 bits per heavy atom. The maximum absolute atomic E-state index is 12.7. The number of H-pyrrole nitrogens is 1. The molecule has 4 heterocycles. The maximum Gasteiger partial charge on any atom is 0.227 e. The molecule has 0 aliphatic carbocycles. The highest BCUT2D eigenvalue weighted by Gasteiger charge is 2.31. The van der Waals surface area contributed by atoms with Crippen molar-refractivity contribution in [3.63, 3.8) is 0 Å². The lowest BCUT2D eigenvalue weighted by Gasteiger charge is -2.23. The fourth-order valence-electron chi connectivity index (χ4n) is 3.23. The lowest BCUT2D eigenvalue weighted by molar-refractivity contribution is -0.131. The summed E-state index contributed by atoms with van der Waals surface area (Å²) in [6.07, 6.45) is 10.7. The highest BCUT2D eigenvalue weighted by molar-refractivity contribution is 6.28. The standard InChI is InChI=1S/C18H17ClN6O/c19-18-22-9-13(10-23-18)14-11-21-17(24-14)15-4-2-6-25(15)16(26)7-12-3-1-5-20-8-12/h1,3,5,8-11,15H,2,4,6-7H2,(H,21,24). The molecular formula is C18H17ClN6O. The van der Waals surface area contributed by atoms with E-state index in [9.17, 15) is 4.79 Å². The number of hydrogen-bond donors (Lipinski definition) is 1. The van der Waals surface area contributed by atoms with Gasteiger partial charge in [-0.15, -0.1) is 0 Å². The summed E-state index contributed by atoms with van der Waals surface area (Å²) in [5.74, 6) is 0.875. The largest absolute Gasteiger partial charge is 0.340 e. The number of likely N-dealkylation sites (tertiary alicyclic amines) is 1. The van der Waals surface area contributed by atoms with Gasteiger partial charge in [0.15, 0.2) is 0 Å². The highest BCUT2D eigenvalue weighted by Crippen LogP contribution is 2.31. The van der Waals surface area contributed by atoms with E-state index in [0.717, 1.165) is 42.0 Å². The number of carbonyl (C=O) groups excluding carboxylic acids is 1. The van der Waals surface area contributed by atoms with E-state index in [1.54, 1.807) is 31.0 Å². The molecule has 1 fully saturated rings. The molecule has 26 heavy (non-hydrogen) atoms. The number of nitrogens with one attached hydrogen (secondary N) is 1. The van der Waals surface area contributed by atoms with Gasteiger partial charge in [0.1, 0.15) is 5.82 Å². The Morgan fingerprint density at radius 2 is 2.08 bits per heavy atom. The van der Waals surface area contributed by atoms with Gasteiger partial charge in [0.05, 0.1) is 24.4 Å². The number of imidazole rings is 1. The van der Waals surface area contributed by atoms with Crippen LogP contribution >= 0.6 is 11.6 Å². The van der Waals surface area contributed by atoms with E-state index in [4.69, 9.17) is 11.6 Å². The minimum absolute atomic E-state index is 0.0406. The Kier molecular flexibility index (Phi) is 4.62. The van der Waals surface area contributed by atoms with Gasteiger partial charge in [0.25, 0.3) is 0 Å². The Labute approximate surface area is 155 Å². The van der Waals surface area contributed by atoms with E-state index in [1.165, 1.54) is 0 Å². The van der Waals surface area contributed by atoms with E-state index in [-0.39, 0.29) is 17.2 Å². The fraction of sp³-hybridized carbons (Fsp3) is 0.278. The van der Waals surface area contributed by atoms with Crippen molar-refractivity contribution in [3.8, 4) is 11.3 Å². The number of aromatic nitrogens is 5. The zero-order valence-corrected chi connectivity index (χ0v) is 14.7. The van der Waals surface area contributed by atoms with Crippen molar-refractivity contribution < 1.29 is 4.79 Å². The summed E-state index contributed by atoms with van der Waals surface area (Å²) in [7, 11) is 0. The first kappa shape index (κ1) is 16.7. The lowest BCUT2D eigenvalue weighted by Crippen LogP contribution is -2.32. The van der Waals surface area contributed by atoms with Crippen LogP contribution in [0, 0.1) is 0 Å². The molecule has 3 aromatic heterocycles. The number of nitrogens with zero attached hydrogens (tertiary/aromatic N) is 5. The summed E-state index contributed by atoms with van der Waals surface area (Å²) in [4.78, 5) is 34.5. The number of hydrogen-bond acceptors (Lipinski definition) is 5. The molecule has 1 N–H and O–H groups in total. The molecule has 8 heteroatoms. The van der Waals surface area contributed by atoms with Crippen LogP contribution in [0.3, 0.4) is 0 Å². The quantitative estimate of drug-likeness (QED) is 0.715. The molecule has 0 radical (unpaired) electrons. The maximum atomic E-state index is 12.7. The molecule has 1 aliphatic heterocycles. The van der Waals surface area contributed by atoms with Crippen LogP contribution in [0.4, 0.5) is 0 Å². The molecule has 0 spiro atoms. The van der Waals surface area contributed by atoms with Crippen molar-refractivity contribution >= 4 is 17.5 Å². The molecule has 1 saturated heterocycles. The first-order chi connectivity index (χ1) is 12.7. The number of aromatic amines is 1. The van der Waals surface area contributed by atoms with E-state index in [0.29, 0.717) is 6.42 Å². The molecule has 1 amide bonds.